The normalized spacial score (nSPS) is 11.7. The molecule has 0 radical (unpaired) electrons. The number of carboxylic acid groups (broad SMARTS) is 1. The number of hydrogen-bond donors (Lipinski definition) is 2. The fourth-order valence-corrected chi connectivity index (χ4v) is 1.97. The monoisotopic (exact) mass is 319 g/mol. The van der Waals surface area contributed by atoms with Crippen molar-refractivity contribution in [1.82, 2.24) is 0 Å². The van der Waals surface area contributed by atoms with Crippen molar-refractivity contribution in [3.05, 3.63) is 59.9 Å². The van der Waals surface area contributed by atoms with Crippen LogP contribution >= 0.6 is 0 Å². The summed E-state index contributed by atoms with van der Waals surface area (Å²) in [6, 6.07) is 12.3. The smallest absolute Gasteiger partial charge is 0.345 e. The molecule has 2 aromatic rings. The highest BCUT2D eigenvalue weighted by molar-refractivity contribution is 5.73. The molecule has 1 atom stereocenters. The lowest BCUT2D eigenvalue weighted by Crippen LogP contribution is -2.29. The Balaban J connectivity index is 2.01. The van der Waals surface area contributed by atoms with Crippen LogP contribution in [-0.4, -0.2) is 30.3 Å². The predicted octanol–water partition coefficient (Wildman–Crippen LogP) is 2.24. The zero-order valence-electron chi connectivity index (χ0n) is 12.4. The quantitative estimate of drug-likeness (QED) is 0.780. The Hall–Kier alpha value is -2.60. The molecule has 2 aromatic carbocycles. The first kappa shape index (κ1) is 16.8. The Morgan fingerprint density at radius 2 is 1.70 bits per heavy atom. The molecule has 0 fully saturated rings. The molecule has 0 saturated heterocycles. The van der Waals surface area contributed by atoms with E-state index in [4.69, 9.17) is 15.2 Å². The molecule has 3 N–H and O–H groups in total. The lowest BCUT2D eigenvalue weighted by atomic mass is 10.1. The molecule has 0 aliphatic carbocycles. The number of nitrogens with two attached hydrogens (primary N) is 1. The van der Waals surface area contributed by atoms with Gasteiger partial charge in [-0.1, -0.05) is 12.1 Å². The summed E-state index contributed by atoms with van der Waals surface area (Å²) in [6.07, 6.45) is -0.875. The second-order valence-electron chi connectivity index (χ2n) is 4.88. The van der Waals surface area contributed by atoms with Crippen LogP contribution in [0.15, 0.2) is 48.5 Å². The van der Waals surface area contributed by atoms with Crippen molar-refractivity contribution in [1.29, 1.82) is 0 Å². The molecule has 0 amide bonds. The second kappa shape index (κ2) is 8.14. The highest BCUT2D eigenvalue weighted by atomic mass is 19.1. The van der Waals surface area contributed by atoms with E-state index in [-0.39, 0.29) is 6.42 Å². The number of ether oxygens (including phenoxy) is 2. The Morgan fingerprint density at radius 3 is 2.26 bits per heavy atom. The number of hydrogen-bond acceptors (Lipinski definition) is 4. The third-order valence-corrected chi connectivity index (χ3v) is 3.10. The van der Waals surface area contributed by atoms with Crippen molar-refractivity contribution in [2.75, 3.05) is 13.2 Å². The first-order valence-electron chi connectivity index (χ1n) is 7.15. The molecule has 5 nitrogen and oxygen atoms in total. The fraction of sp³-hybridized carbons (Fsp3) is 0.235. The third-order valence-electron chi connectivity index (χ3n) is 3.10. The van der Waals surface area contributed by atoms with E-state index >= 15 is 0 Å². The summed E-state index contributed by atoms with van der Waals surface area (Å²) in [7, 11) is 0. The Labute approximate surface area is 133 Å². The van der Waals surface area contributed by atoms with Gasteiger partial charge in [0.15, 0.2) is 6.10 Å². The van der Waals surface area contributed by atoms with Crippen molar-refractivity contribution in [2.24, 2.45) is 5.73 Å². The maximum absolute atomic E-state index is 12.9. The largest absolute Gasteiger partial charge is 0.492 e. The van der Waals surface area contributed by atoms with Gasteiger partial charge in [0.05, 0.1) is 0 Å². The van der Waals surface area contributed by atoms with Crippen LogP contribution in [0.25, 0.3) is 0 Å². The van der Waals surface area contributed by atoms with E-state index in [0.717, 1.165) is 5.56 Å². The maximum atomic E-state index is 12.9. The Morgan fingerprint density at radius 1 is 1.09 bits per heavy atom. The van der Waals surface area contributed by atoms with Gasteiger partial charge >= 0.3 is 5.97 Å². The van der Waals surface area contributed by atoms with Gasteiger partial charge in [-0.25, -0.2) is 9.18 Å². The molecule has 0 spiro atoms. The van der Waals surface area contributed by atoms with Crippen LogP contribution in [0.2, 0.25) is 0 Å². The molecule has 0 heterocycles. The summed E-state index contributed by atoms with van der Waals surface area (Å²) in [5.74, 6) is -0.512. The van der Waals surface area contributed by atoms with Crippen molar-refractivity contribution in [3.8, 4) is 11.5 Å². The average Bonchev–Trinajstić information content (AvgIpc) is 2.55. The van der Waals surface area contributed by atoms with E-state index in [1.54, 1.807) is 24.3 Å². The van der Waals surface area contributed by atoms with Gasteiger partial charge in [-0.3, -0.25) is 0 Å². The fourth-order valence-electron chi connectivity index (χ4n) is 1.97. The minimum Gasteiger partial charge on any atom is -0.492 e. The zero-order chi connectivity index (χ0) is 16.7. The van der Waals surface area contributed by atoms with Crippen LogP contribution < -0.4 is 15.2 Å². The van der Waals surface area contributed by atoms with E-state index in [1.807, 2.05) is 0 Å². The summed E-state index contributed by atoms with van der Waals surface area (Å²) in [6.45, 7) is 0.846. The van der Waals surface area contributed by atoms with E-state index in [2.05, 4.69) is 0 Å². The third kappa shape index (κ3) is 5.27. The first-order valence-corrected chi connectivity index (χ1v) is 7.15. The molecule has 0 aromatic heterocycles. The van der Waals surface area contributed by atoms with E-state index in [9.17, 15) is 14.3 Å². The van der Waals surface area contributed by atoms with Gasteiger partial charge in [0.25, 0.3) is 0 Å². The summed E-state index contributed by atoms with van der Waals surface area (Å²) >= 11 is 0. The van der Waals surface area contributed by atoms with Gasteiger partial charge < -0.3 is 20.3 Å². The SMILES string of the molecule is NCCOc1ccc(CC(Oc2ccc(F)cc2)C(=O)O)cc1. The summed E-state index contributed by atoms with van der Waals surface area (Å²) < 4.78 is 23.6. The summed E-state index contributed by atoms with van der Waals surface area (Å²) in [5, 5.41) is 9.28. The van der Waals surface area contributed by atoms with Gasteiger partial charge in [0.1, 0.15) is 23.9 Å². The van der Waals surface area contributed by atoms with Crippen LogP contribution in [0, 0.1) is 5.82 Å². The first-order chi connectivity index (χ1) is 11.1. The summed E-state index contributed by atoms with van der Waals surface area (Å²) in [4.78, 5) is 11.3. The van der Waals surface area contributed by atoms with Gasteiger partial charge in [0, 0.05) is 13.0 Å². The van der Waals surface area contributed by atoms with Crippen LogP contribution in [-0.2, 0) is 11.2 Å². The van der Waals surface area contributed by atoms with E-state index < -0.39 is 17.9 Å². The Bertz CT molecular complexity index is 628. The van der Waals surface area contributed by atoms with Crippen LogP contribution in [0.4, 0.5) is 4.39 Å². The standard InChI is InChI=1S/C17H18FNO4/c18-13-3-7-15(8-4-13)23-16(17(20)21)11-12-1-5-14(6-2-12)22-10-9-19/h1-8,16H,9-11,19H2,(H,20,21). The van der Waals surface area contributed by atoms with Crippen molar-refractivity contribution < 1.29 is 23.8 Å². The van der Waals surface area contributed by atoms with Crippen molar-refractivity contribution in [2.45, 2.75) is 12.5 Å². The van der Waals surface area contributed by atoms with Gasteiger partial charge in [-0.05, 0) is 42.0 Å². The number of carboxylic acids is 1. The molecule has 0 aliphatic heterocycles. The molecule has 0 saturated carbocycles. The molecule has 0 aliphatic rings. The van der Waals surface area contributed by atoms with Crippen LogP contribution in [0.3, 0.4) is 0 Å². The lowest BCUT2D eigenvalue weighted by molar-refractivity contribution is -0.145. The minimum atomic E-state index is -1.09. The number of carbonyl (C=O) groups is 1. The van der Waals surface area contributed by atoms with E-state index in [0.29, 0.717) is 24.7 Å². The highest BCUT2D eigenvalue weighted by Crippen LogP contribution is 2.17. The molecule has 1 unspecified atom stereocenters. The lowest BCUT2D eigenvalue weighted by Gasteiger charge is -2.15. The molecule has 23 heavy (non-hydrogen) atoms. The predicted molar refractivity (Wildman–Crippen MR) is 83.1 cm³/mol. The number of benzene rings is 2. The zero-order valence-corrected chi connectivity index (χ0v) is 12.4. The van der Waals surface area contributed by atoms with Gasteiger partial charge in [-0.2, -0.15) is 0 Å². The topological polar surface area (TPSA) is 81.8 Å². The molecule has 6 heteroatoms. The van der Waals surface area contributed by atoms with Crippen molar-refractivity contribution >= 4 is 5.97 Å². The Kier molecular flexibility index (Phi) is 5.94. The molecular formula is C17H18FNO4. The average molecular weight is 319 g/mol. The number of rotatable bonds is 8. The van der Waals surface area contributed by atoms with E-state index in [1.165, 1.54) is 24.3 Å². The highest BCUT2D eigenvalue weighted by Gasteiger charge is 2.20. The second-order valence-corrected chi connectivity index (χ2v) is 4.88. The number of aliphatic carboxylic acids is 1. The molecule has 0 bridgehead atoms. The van der Waals surface area contributed by atoms with Gasteiger partial charge in [0.2, 0.25) is 0 Å². The minimum absolute atomic E-state index is 0.184. The summed E-state index contributed by atoms with van der Waals surface area (Å²) in [5.41, 5.74) is 6.15. The van der Waals surface area contributed by atoms with Crippen LogP contribution in [0.1, 0.15) is 5.56 Å². The maximum Gasteiger partial charge on any atom is 0.345 e. The van der Waals surface area contributed by atoms with Gasteiger partial charge in [-0.15, -0.1) is 0 Å². The molecule has 2 rings (SSSR count). The van der Waals surface area contributed by atoms with Crippen LogP contribution in [0.5, 0.6) is 11.5 Å². The molecule has 122 valence electrons. The number of halogens is 1. The molecular weight excluding hydrogens is 301 g/mol. The van der Waals surface area contributed by atoms with Crippen molar-refractivity contribution in [3.63, 3.8) is 0 Å².